The molecule has 0 aliphatic carbocycles. The molecule has 114 valence electrons. The Bertz CT molecular complexity index is 802. The van der Waals surface area contributed by atoms with Crippen molar-refractivity contribution in [2.45, 2.75) is 23.8 Å². The van der Waals surface area contributed by atoms with E-state index in [2.05, 4.69) is 15.3 Å². The van der Waals surface area contributed by atoms with Crippen LogP contribution in [0, 0.1) is 0 Å². The molecular formula is C13H18N4O3S. The van der Waals surface area contributed by atoms with Gasteiger partial charge in [0, 0.05) is 19.6 Å². The lowest BCUT2D eigenvalue weighted by molar-refractivity contribution is 0.417. The number of nitrogens with zero attached hydrogens (tertiary/aromatic N) is 1. The summed E-state index contributed by atoms with van der Waals surface area (Å²) >= 11 is 0. The second-order valence-corrected chi connectivity index (χ2v) is 7.41. The first kappa shape index (κ1) is 14.3. The number of imidazole rings is 1. The second kappa shape index (κ2) is 5.28. The zero-order valence-electron chi connectivity index (χ0n) is 11.7. The summed E-state index contributed by atoms with van der Waals surface area (Å²) < 4.78 is 26.5. The van der Waals surface area contributed by atoms with Gasteiger partial charge in [0.25, 0.3) is 0 Å². The molecule has 0 spiro atoms. The Labute approximate surface area is 122 Å². The molecule has 1 aliphatic rings. The SMILES string of the molecule is CN(CC1CCCN1)S(=O)(=O)c1ccc2[nH]c(=O)[nH]c2c1. The molecule has 0 saturated carbocycles. The van der Waals surface area contributed by atoms with Gasteiger partial charge in [0.05, 0.1) is 15.9 Å². The van der Waals surface area contributed by atoms with Gasteiger partial charge in [-0.2, -0.15) is 4.31 Å². The van der Waals surface area contributed by atoms with E-state index >= 15 is 0 Å². The number of rotatable bonds is 4. The van der Waals surface area contributed by atoms with E-state index in [1.54, 1.807) is 13.1 Å². The quantitative estimate of drug-likeness (QED) is 0.753. The number of aromatic amines is 2. The van der Waals surface area contributed by atoms with Crippen molar-refractivity contribution in [3.8, 4) is 0 Å². The summed E-state index contributed by atoms with van der Waals surface area (Å²) in [6.45, 7) is 1.39. The summed E-state index contributed by atoms with van der Waals surface area (Å²) in [5.41, 5.74) is 0.746. The molecule has 1 unspecified atom stereocenters. The molecule has 1 aromatic carbocycles. The molecule has 1 aromatic heterocycles. The van der Waals surface area contributed by atoms with E-state index in [1.807, 2.05) is 0 Å². The molecule has 8 heteroatoms. The fourth-order valence-corrected chi connectivity index (χ4v) is 3.92. The van der Waals surface area contributed by atoms with Crippen LogP contribution >= 0.6 is 0 Å². The van der Waals surface area contributed by atoms with Gasteiger partial charge >= 0.3 is 5.69 Å². The standard InChI is InChI=1S/C13H18N4O3S/c1-17(8-9-3-2-6-14-9)21(19,20)10-4-5-11-12(7-10)16-13(18)15-11/h4-5,7,9,14H,2-3,6,8H2,1H3,(H2,15,16,18). The Balaban J connectivity index is 1.89. The first-order chi connectivity index (χ1) is 9.96. The van der Waals surface area contributed by atoms with Crippen molar-refractivity contribution in [3.63, 3.8) is 0 Å². The van der Waals surface area contributed by atoms with Gasteiger partial charge in [-0.15, -0.1) is 0 Å². The molecule has 21 heavy (non-hydrogen) atoms. The van der Waals surface area contributed by atoms with Crippen LogP contribution in [0.5, 0.6) is 0 Å². The highest BCUT2D eigenvalue weighted by molar-refractivity contribution is 7.89. The van der Waals surface area contributed by atoms with Crippen molar-refractivity contribution in [2.24, 2.45) is 0 Å². The van der Waals surface area contributed by atoms with Crippen molar-refractivity contribution >= 4 is 21.1 Å². The molecule has 1 fully saturated rings. The first-order valence-electron chi connectivity index (χ1n) is 6.88. The number of nitrogens with one attached hydrogen (secondary N) is 3. The van der Waals surface area contributed by atoms with E-state index < -0.39 is 10.0 Å². The van der Waals surface area contributed by atoms with Gasteiger partial charge in [-0.3, -0.25) is 0 Å². The zero-order chi connectivity index (χ0) is 15.0. The molecule has 1 atom stereocenters. The molecule has 2 aromatic rings. The highest BCUT2D eigenvalue weighted by Crippen LogP contribution is 2.19. The monoisotopic (exact) mass is 310 g/mol. The van der Waals surface area contributed by atoms with Gasteiger partial charge in [0.1, 0.15) is 0 Å². The van der Waals surface area contributed by atoms with Crippen LogP contribution in [-0.2, 0) is 10.0 Å². The molecule has 7 nitrogen and oxygen atoms in total. The highest BCUT2D eigenvalue weighted by Gasteiger charge is 2.25. The smallest absolute Gasteiger partial charge is 0.313 e. The summed E-state index contributed by atoms with van der Waals surface area (Å²) in [4.78, 5) is 16.6. The Morgan fingerprint density at radius 2 is 2.05 bits per heavy atom. The maximum absolute atomic E-state index is 12.6. The van der Waals surface area contributed by atoms with Crippen LogP contribution in [0.3, 0.4) is 0 Å². The number of H-pyrrole nitrogens is 2. The van der Waals surface area contributed by atoms with Crippen molar-refractivity contribution in [3.05, 3.63) is 28.7 Å². The maximum Gasteiger partial charge on any atom is 0.323 e. The van der Waals surface area contributed by atoms with E-state index in [1.165, 1.54) is 16.4 Å². The number of hydrogen-bond donors (Lipinski definition) is 3. The average Bonchev–Trinajstić information content (AvgIpc) is 3.05. The van der Waals surface area contributed by atoms with Crippen molar-refractivity contribution in [1.82, 2.24) is 19.6 Å². The van der Waals surface area contributed by atoms with E-state index in [0.29, 0.717) is 17.6 Å². The summed E-state index contributed by atoms with van der Waals surface area (Å²) in [7, 11) is -1.97. The maximum atomic E-state index is 12.6. The van der Waals surface area contributed by atoms with Gasteiger partial charge in [-0.1, -0.05) is 0 Å². The lowest BCUT2D eigenvalue weighted by atomic mass is 10.2. The van der Waals surface area contributed by atoms with Crippen LogP contribution in [0.25, 0.3) is 11.0 Å². The van der Waals surface area contributed by atoms with Gasteiger partial charge in [-0.05, 0) is 37.6 Å². The molecular weight excluding hydrogens is 292 g/mol. The third-order valence-corrected chi connectivity index (χ3v) is 5.65. The summed E-state index contributed by atoms with van der Waals surface area (Å²) in [6.07, 6.45) is 2.07. The minimum Gasteiger partial charge on any atom is -0.313 e. The average molecular weight is 310 g/mol. The number of likely N-dealkylation sites (N-methyl/N-ethyl adjacent to an activating group) is 1. The van der Waals surface area contributed by atoms with E-state index in [9.17, 15) is 13.2 Å². The minimum atomic E-state index is -3.55. The lowest BCUT2D eigenvalue weighted by Crippen LogP contribution is -2.38. The van der Waals surface area contributed by atoms with Crippen LogP contribution in [0.2, 0.25) is 0 Å². The number of sulfonamides is 1. The molecule has 3 N–H and O–H groups in total. The first-order valence-corrected chi connectivity index (χ1v) is 8.32. The minimum absolute atomic E-state index is 0.186. The van der Waals surface area contributed by atoms with Gasteiger partial charge in [-0.25, -0.2) is 13.2 Å². The third-order valence-electron chi connectivity index (χ3n) is 3.84. The molecule has 1 saturated heterocycles. The summed E-state index contributed by atoms with van der Waals surface area (Å²) in [6, 6.07) is 4.81. The van der Waals surface area contributed by atoms with E-state index in [-0.39, 0.29) is 16.6 Å². The van der Waals surface area contributed by atoms with Gasteiger partial charge < -0.3 is 15.3 Å². The number of fused-ring (bicyclic) bond motifs is 1. The third kappa shape index (κ3) is 2.74. The number of hydrogen-bond acceptors (Lipinski definition) is 4. The lowest BCUT2D eigenvalue weighted by Gasteiger charge is -2.21. The molecule has 1 aliphatic heterocycles. The fourth-order valence-electron chi connectivity index (χ4n) is 2.67. The molecule has 2 heterocycles. The Morgan fingerprint density at radius 3 is 2.76 bits per heavy atom. The zero-order valence-corrected chi connectivity index (χ0v) is 12.5. The van der Waals surface area contributed by atoms with Crippen molar-refractivity contribution in [2.75, 3.05) is 20.1 Å². The van der Waals surface area contributed by atoms with Crippen LogP contribution in [0.4, 0.5) is 0 Å². The van der Waals surface area contributed by atoms with Crippen LogP contribution in [0.1, 0.15) is 12.8 Å². The fraction of sp³-hybridized carbons (Fsp3) is 0.462. The van der Waals surface area contributed by atoms with Crippen LogP contribution in [-0.4, -0.2) is 48.9 Å². The van der Waals surface area contributed by atoms with Crippen LogP contribution < -0.4 is 11.0 Å². The molecule has 3 rings (SSSR count). The predicted molar refractivity (Wildman–Crippen MR) is 79.8 cm³/mol. The van der Waals surface area contributed by atoms with Gasteiger partial charge in [0.15, 0.2) is 0 Å². The molecule has 0 bridgehead atoms. The van der Waals surface area contributed by atoms with Crippen LogP contribution in [0.15, 0.2) is 27.9 Å². The Kier molecular flexibility index (Phi) is 3.60. The van der Waals surface area contributed by atoms with Crippen molar-refractivity contribution < 1.29 is 8.42 Å². The molecule has 0 amide bonds. The predicted octanol–water partition coefficient (Wildman–Crippen LogP) is 0.229. The van der Waals surface area contributed by atoms with Crippen molar-refractivity contribution in [1.29, 1.82) is 0 Å². The normalized spacial score (nSPS) is 19.6. The Morgan fingerprint density at radius 1 is 1.29 bits per heavy atom. The summed E-state index contributed by atoms with van der Waals surface area (Å²) in [5, 5.41) is 3.29. The molecule has 0 radical (unpaired) electrons. The largest absolute Gasteiger partial charge is 0.323 e. The topological polar surface area (TPSA) is 98.1 Å². The van der Waals surface area contributed by atoms with Gasteiger partial charge in [0.2, 0.25) is 10.0 Å². The highest BCUT2D eigenvalue weighted by atomic mass is 32.2. The number of aromatic nitrogens is 2. The second-order valence-electron chi connectivity index (χ2n) is 5.37. The number of benzene rings is 1. The van der Waals surface area contributed by atoms with E-state index in [0.717, 1.165) is 19.4 Å². The Hall–Kier alpha value is -1.64. The summed E-state index contributed by atoms with van der Waals surface area (Å²) in [5.74, 6) is 0. The van der Waals surface area contributed by atoms with E-state index in [4.69, 9.17) is 0 Å².